The van der Waals surface area contributed by atoms with Crippen LogP contribution in [-0.2, 0) is 6.42 Å². The van der Waals surface area contributed by atoms with Crippen LogP contribution in [-0.4, -0.2) is 21.2 Å². The Kier molecular flexibility index (Phi) is 5.27. The maximum absolute atomic E-state index is 4.35. The highest BCUT2D eigenvalue weighted by atomic mass is 32.2. The number of rotatable bonds is 5. The first-order valence-corrected chi connectivity index (χ1v) is 9.28. The summed E-state index contributed by atoms with van der Waals surface area (Å²) in [7, 11) is 0. The van der Waals surface area contributed by atoms with Gasteiger partial charge in [-0.2, -0.15) is 4.37 Å². The molecule has 0 fully saturated rings. The van der Waals surface area contributed by atoms with Crippen LogP contribution in [0.25, 0.3) is 0 Å². The molecular formula is C16H21N3S2. The van der Waals surface area contributed by atoms with E-state index in [1.165, 1.54) is 41.9 Å². The molecule has 0 bridgehead atoms. The summed E-state index contributed by atoms with van der Waals surface area (Å²) >= 11 is 3.39. The molecular weight excluding hydrogens is 298 g/mol. The lowest BCUT2D eigenvalue weighted by Crippen LogP contribution is -2.30. The number of aryl methyl sites for hydroxylation is 1. The van der Waals surface area contributed by atoms with Crippen molar-refractivity contribution in [2.45, 2.75) is 48.2 Å². The number of hydrogen-bond acceptors (Lipinski definition) is 5. The summed E-state index contributed by atoms with van der Waals surface area (Å²) in [6.07, 6.45) is 6.48. The largest absolute Gasteiger partial charge is 0.309 e. The van der Waals surface area contributed by atoms with Crippen LogP contribution in [0, 0.1) is 0 Å². The van der Waals surface area contributed by atoms with E-state index >= 15 is 0 Å². The Hall–Kier alpha value is -0.910. The molecule has 1 aliphatic carbocycles. The van der Waals surface area contributed by atoms with E-state index in [4.69, 9.17) is 0 Å². The number of aromatic nitrogens is 2. The van der Waals surface area contributed by atoms with E-state index in [1.54, 1.807) is 6.33 Å². The van der Waals surface area contributed by atoms with Crippen molar-refractivity contribution >= 4 is 23.3 Å². The molecule has 1 aromatic carbocycles. The van der Waals surface area contributed by atoms with E-state index < -0.39 is 0 Å². The van der Waals surface area contributed by atoms with Crippen molar-refractivity contribution in [3.05, 3.63) is 41.7 Å². The lowest BCUT2D eigenvalue weighted by atomic mass is 9.99. The minimum Gasteiger partial charge on any atom is -0.309 e. The number of fused-ring (bicyclic) bond motifs is 1. The van der Waals surface area contributed by atoms with E-state index in [0.29, 0.717) is 11.3 Å². The molecule has 0 radical (unpaired) electrons. The van der Waals surface area contributed by atoms with Gasteiger partial charge in [0.15, 0.2) is 4.34 Å². The van der Waals surface area contributed by atoms with Crippen LogP contribution in [0.4, 0.5) is 0 Å². The highest BCUT2D eigenvalue weighted by Crippen LogP contribution is 2.39. The summed E-state index contributed by atoms with van der Waals surface area (Å²) in [6.45, 7) is 3.29. The number of thioether (sulfide) groups is 1. The van der Waals surface area contributed by atoms with Crippen molar-refractivity contribution in [2.75, 3.05) is 6.54 Å². The monoisotopic (exact) mass is 319 g/mol. The van der Waals surface area contributed by atoms with Gasteiger partial charge in [0, 0.05) is 11.3 Å². The van der Waals surface area contributed by atoms with Crippen molar-refractivity contribution in [3.8, 4) is 0 Å². The van der Waals surface area contributed by atoms with E-state index in [-0.39, 0.29) is 0 Å². The lowest BCUT2D eigenvalue weighted by molar-refractivity contribution is 0.501. The third-order valence-electron chi connectivity index (χ3n) is 3.90. The summed E-state index contributed by atoms with van der Waals surface area (Å²) in [5.41, 5.74) is 2.98. The van der Waals surface area contributed by atoms with Gasteiger partial charge < -0.3 is 5.32 Å². The summed E-state index contributed by atoms with van der Waals surface area (Å²) in [4.78, 5) is 4.35. The van der Waals surface area contributed by atoms with E-state index in [1.807, 2.05) is 11.8 Å². The van der Waals surface area contributed by atoms with Crippen molar-refractivity contribution < 1.29 is 0 Å². The fourth-order valence-electron chi connectivity index (χ4n) is 2.94. The topological polar surface area (TPSA) is 37.8 Å². The van der Waals surface area contributed by atoms with E-state index in [0.717, 1.165) is 17.3 Å². The second kappa shape index (κ2) is 7.38. The zero-order valence-corrected chi connectivity index (χ0v) is 13.9. The molecule has 2 aromatic rings. The maximum atomic E-state index is 4.35. The molecule has 1 heterocycles. The van der Waals surface area contributed by atoms with Gasteiger partial charge >= 0.3 is 0 Å². The molecule has 2 unspecified atom stereocenters. The molecule has 1 N–H and O–H groups in total. The van der Waals surface area contributed by atoms with Crippen LogP contribution in [0.3, 0.4) is 0 Å². The fraction of sp³-hybridized carbons (Fsp3) is 0.500. The van der Waals surface area contributed by atoms with Crippen molar-refractivity contribution in [3.63, 3.8) is 0 Å². The summed E-state index contributed by atoms with van der Waals surface area (Å²) in [6, 6.07) is 9.32. The van der Waals surface area contributed by atoms with Crippen LogP contribution in [0.2, 0.25) is 0 Å². The first-order valence-electron chi connectivity index (χ1n) is 7.63. The van der Waals surface area contributed by atoms with E-state index in [2.05, 4.69) is 45.9 Å². The van der Waals surface area contributed by atoms with Crippen molar-refractivity contribution in [1.29, 1.82) is 0 Å². The highest BCUT2D eigenvalue weighted by molar-refractivity contribution is 8.01. The zero-order valence-electron chi connectivity index (χ0n) is 12.3. The van der Waals surface area contributed by atoms with Gasteiger partial charge in [0.2, 0.25) is 0 Å². The van der Waals surface area contributed by atoms with Gasteiger partial charge in [0.05, 0.1) is 0 Å². The average molecular weight is 319 g/mol. The molecule has 0 saturated heterocycles. The maximum Gasteiger partial charge on any atom is 0.170 e. The van der Waals surface area contributed by atoms with Gasteiger partial charge in [-0.1, -0.05) is 43.0 Å². The molecule has 0 amide bonds. The van der Waals surface area contributed by atoms with Crippen LogP contribution in [0.5, 0.6) is 0 Å². The fourth-order valence-corrected chi connectivity index (χ4v) is 4.92. The van der Waals surface area contributed by atoms with Gasteiger partial charge in [0.1, 0.15) is 6.33 Å². The Bertz CT molecular complexity index is 556. The van der Waals surface area contributed by atoms with Crippen LogP contribution < -0.4 is 5.32 Å². The smallest absolute Gasteiger partial charge is 0.170 e. The van der Waals surface area contributed by atoms with Gasteiger partial charge in [0.25, 0.3) is 0 Å². The standard InChI is InChI=1S/C16H21N3S2/c1-2-10-17-15-13-8-4-3-6-12(13)7-5-9-14(15)20-16-18-11-19-21-16/h3-4,6,8,11,14-15,17H,2,5,7,9-10H2,1H3. The molecule has 0 saturated carbocycles. The number of benzene rings is 1. The number of nitrogens with zero attached hydrogens (tertiary/aromatic N) is 2. The molecule has 3 nitrogen and oxygen atoms in total. The normalized spacial score (nSPS) is 21.8. The lowest BCUT2D eigenvalue weighted by Gasteiger charge is -2.26. The van der Waals surface area contributed by atoms with Gasteiger partial charge in [-0.15, -0.1) is 0 Å². The quantitative estimate of drug-likeness (QED) is 0.843. The predicted octanol–water partition coefficient (Wildman–Crippen LogP) is 4.08. The molecule has 0 spiro atoms. The van der Waals surface area contributed by atoms with Crippen LogP contribution in [0.1, 0.15) is 43.4 Å². The van der Waals surface area contributed by atoms with E-state index in [9.17, 15) is 0 Å². The summed E-state index contributed by atoms with van der Waals surface area (Å²) in [5.74, 6) is 0. The first-order chi connectivity index (χ1) is 10.4. The van der Waals surface area contributed by atoms with Gasteiger partial charge in [-0.25, -0.2) is 4.98 Å². The molecule has 2 atom stereocenters. The number of nitrogens with one attached hydrogen (secondary N) is 1. The minimum absolute atomic E-state index is 0.414. The Morgan fingerprint density at radius 3 is 3.10 bits per heavy atom. The second-order valence-electron chi connectivity index (χ2n) is 5.39. The van der Waals surface area contributed by atoms with Crippen molar-refractivity contribution in [2.24, 2.45) is 0 Å². The van der Waals surface area contributed by atoms with Crippen LogP contribution >= 0.6 is 23.3 Å². The van der Waals surface area contributed by atoms with Gasteiger partial charge in [-0.05, 0) is 54.9 Å². The molecule has 21 heavy (non-hydrogen) atoms. The Labute approximate surface area is 134 Å². The summed E-state index contributed by atoms with van der Waals surface area (Å²) in [5, 5.41) is 4.30. The third kappa shape index (κ3) is 3.65. The average Bonchev–Trinajstić information content (AvgIpc) is 2.95. The van der Waals surface area contributed by atoms with Crippen LogP contribution in [0.15, 0.2) is 34.9 Å². The molecule has 1 aromatic heterocycles. The molecule has 112 valence electrons. The molecule has 3 rings (SSSR count). The summed E-state index contributed by atoms with van der Waals surface area (Å²) < 4.78 is 5.22. The Morgan fingerprint density at radius 2 is 2.29 bits per heavy atom. The number of hydrogen-bond donors (Lipinski definition) is 1. The Morgan fingerprint density at radius 1 is 1.38 bits per heavy atom. The SMILES string of the molecule is CCCNC1c2ccccc2CCCC1Sc1ncns1. The molecule has 1 aliphatic rings. The first kappa shape index (κ1) is 15.0. The molecule has 5 heteroatoms. The Balaban J connectivity index is 1.86. The van der Waals surface area contributed by atoms with Crippen molar-refractivity contribution in [1.82, 2.24) is 14.7 Å². The third-order valence-corrected chi connectivity index (χ3v) is 6.00. The second-order valence-corrected chi connectivity index (χ2v) is 7.65. The minimum atomic E-state index is 0.414. The van der Waals surface area contributed by atoms with Gasteiger partial charge in [-0.3, -0.25) is 0 Å². The molecule has 0 aliphatic heterocycles. The predicted molar refractivity (Wildman–Crippen MR) is 90.0 cm³/mol. The highest BCUT2D eigenvalue weighted by Gasteiger charge is 2.28. The zero-order chi connectivity index (χ0) is 14.5.